The first-order valence-corrected chi connectivity index (χ1v) is 16.7. The summed E-state index contributed by atoms with van der Waals surface area (Å²) >= 11 is 7.25. The van der Waals surface area contributed by atoms with Crippen molar-refractivity contribution in [1.29, 1.82) is 0 Å². The van der Waals surface area contributed by atoms with Gasteiger partial charge in [-0.2, -0.15) is 0 Å². The predicted molar refractivity (Wildman–Crippen MR) is 199 cm³/mol. The van der Waals surface area contributed by atoms with E-state index >= 15 is 0 Å². The van der Waals surface area contributed by atoms with E-state index in [-0.39, 0.29) is 22.0 Å². The largest absolute Gasteiger partial charge is 0.493 e. The van der Waals surface area contributed by atoms with E-state index in [1.165, 1.54) is 50.3 Å². The van der Waals surface area contributed by atoms with Crippen molar-refractivity contribution in [3.63, 3.8) is 0 Å². The fourth-order valence-electron chi connectivity index (χ4n) is 4.91. The molecule has 0 aliphatic heterocycles. The molecule has 0 spiro atoms. The quantitative estimate of drug-likeness (QED) is 0.0709. The van der Waals surface area contributed by atoms with Crippen molar-refractivity contribution in [2.45, 2.75) is 10.1 Å². The highest BCUT2D eigenvalue weighted by molar-refractivity contribution is 8.00. The van der Waals surface area contributed by atoms with Gasteiger partial charge in [0.2, 0.25) is 5.91 Å². The van der Waals surface area contributed by atoms with Gasteiger partial charge in [-0.3, -0.25) is 14.4 Å². The molecule has 258 valence electrons. The Morgan fingerprint density at radius 3 is 2.12 bits per heavy atom. The Hall–Kier alpha value is -6.04. The van der Waals surface area contributed by atoms with Crippen LogP contribution in [0.4, 0.5) is 11.4 Å². The SMILES string of the molecule is COc1ccc(/C=C(/NC(=O)c2ccccc2)C(=O)Nc2cccc(SC(C(=O)Nc3ccc(Cl)c(C(=O)O)c3)c3ccccc3)c2)cc1OC. The minimum atomic E-state index is -1.22. The lowest BCUT2D eigenvalue weighted by atomic mass is 10.1. The maximum absolute atomic E-state index is 13.8. The van der Waals surface area contributed by atoms with Gasteiger partial charge in [-0.25, -0.2) is 4.79 Å². The van der Waals surface area contributed by atoms with Crippen LogP contribution >= 0.6 is 23.4 Å². The van der Waals surface area contributed by atoms with Crippen LogP contribution < -0.4 is 25.4 Å². The van der Waals surface area contributed by atoms with Gasteiger partial charge in [0.1, 0.15) is 10.9 Å². The van der Waals surface area contributed by atoms with E-state index < -0.39 is 28.9 Å². The van der Waals surface area contributed by atoms with Gasteiger partial charge in [-0.05, 0) is 77.9 Å². The van der Waals surface area contributed by atoms with Gasteiger partial charge in [0.25, 0.3) is 11.8 Å². The third-order valence-electron chi connectivity index (χ3n) is 7.40. The smallest absolute Gasteiger partial charge is 0.337 e. The Bertz CT molecular complexity index is 2090. The number of hydrogen-bond acceptors (Lipinski definition) is 7. The standard InChI is InChI=1S/C39H32ClN3O7S/c1-49-33-19-16-24(21-34(33)50-2)20-32(43-36(44)26-12-7-4-8-13-26)37(45)41-27-14-9-15-29(22-27)51-35(25-10-5-3-6-11-25)38(46)42-28-17-18-31(40)30(23-28)39(47)48/h3-23,35H,1-2H3,(H,41,45)(H,42,46)(H,43,44)(H,47,48)/b32-20+. The molecular formula is C39H32ClN3O7S. The molecule has 1 atom stereocenters. The number of methoxy groups -OCH3 is 2. The van der Waals surface area contributed by atoms with Gasteiger partial charge in [0.05, 0.1) is 24.8 Å². The molecule has 0 radical (unpaired) electrons. The van der Waals surface area contributed by atoms with Gasteiger partial charge in [0.15, 0.2) is 11.5 Å². The first-order chi connectivity index (χ1) is 24.6. The Kier molecular flexibility index (Phi) is 12.1. The molecule has 1 unspecified atom stereocenters. The van der Waals surface area contributed by atoms with E-state index in [0.717, 1.165) is 0 Å². The number of carboxylic acids is 1. The summed E-state index contributed by atoms with van der Waals surface area (Å²) in [6.07, 6.45) is 1.53. The van der Waals surface area contributed by atoms with Gasteiger partial charge in [-0.15, -0.1) is 11.8 Å². The molecule has 0 aliphatic rings. The normalized spacial score (nSPS) is 11.5. The average molecular weight is 722 g/mol. The Balaban J connectivity index is 1.40. The first-order valence-electron chi connectivity index (χ1n) is 15.4. The molecule has 5 aromatic carbocycles. The maximum atomic E-state index is 13.8. The van der Waals surface area contributed by atoms with Crippen molar-refractivity contribution < 1.29 is 33.8 Å². The molecule has 12 heteroatoms. The zero-order valence-corrected chi connectivity index (χ0v) is 29.0. The summed E-state index contributed by atoms with van der Waals surface area (Å²) in [6.45, 7) is 0. The fraction of sp³-hybridized carbons (Fsp3) is 0.0769. The Morgan fingerprint density at radius 1 is 0.745 bits per heavy atom. The van der Waals surface area contributed by atoms with E-state index in [2.05, 4.69) is 16.0 Å². The molecule has 51 heavy (non-hydrogen) atoms. The summed E-state index contributed by atoms with van der Waals surface area (Å²) in [7, 11) is 3.02. The number of amides is 3. The van der Waals surface area contributed by atoms with E-state index in [4.69, 9.17) is 21.1 Å². The number of carbonyl (C=O) groups excluding carboxylic acids is 3. The van der Waals surface area contributed by atoms with Crippen molar-refractivity contribution in [3.8, 4) is 11.5 Å². The van der Waals surface area contributed by atoms with E-state index in [9.17, 15) is 24.3 Å². The van der Waals surface area contributed by atoms with Crippen molar-refractivity contribution in [1.82, 2.24) is 5.32 Å². The van der Waals surface area contributed by atoms with Crippen LogP contribution in [-0.2, 0) is 9.59 Å². The number of rotatable bonds is 13. The lowest BCUT2D eigenvalue weighted by molar-refractivity contribution is -0.116. The summed E-state index contributed by atoms with van der Waals surface area (Å²) in [5.74, 6) is -1.74. The molecule has 0 saturated heterocycles. The van der Waals surface area contributed by atoms with Gasteiger partial charge in [-0.1, -0.05) is 72.3 Å². The summed E-state index contributed by atoms with van der Waals surface area (Å²) in [5, 5.41) is 17.1. The number of aromatic carboxylic acids is 1. The number of benzene rings is 5. The van der Waals surface area contributed by atoms with E-state index in [0.29, 0.717) is 38.8 Å². The first kappa shape index (κ1) is 36.2. The molecule has 10 nitrogen and oxygen atoms in total. The van der Waals surface area contributed by atoms with Gasteiger partial charge in [0, 0.05) is 21.8 Å². The molecule has 0 aliphatic carbocycles. The zero-order chi connectivity index (χ0) is 36.3. The van der Waals surface area contributed by atoms with Crippen LogP contribution in [0.5, 0.6) is 11.5 Å². The number of halogens is 1. The molecular weight excluding hydrogens is 690 g/mol. The van der Waals surface area contributed by atoms with Crippen molar-refractivity contribution in [2.75, 3.05) is 24.9 Å². The van der Waals surface area contributed by atoms with Crippen molar-refractivity contribution in [3.05, 3.63) is 154 Å². The van der Waals surface area contributed by atoms with E-state index in [1.807, 2.05) is 30.3 Å². The maximum Gasteiger partial charge on any atom is 0.337 e. The fourth-order valence-corrected chi connectivity index (χ4v) is 6.19. The second-order valence-electron chi connectivity index (χ2n) is 10.9. The lowest BCUT2D eigenvalue weighted by Crippen LogP contribution is -2.30. The number of thioether (sulfide) groups is 1. The molecule has 0 heterocycles. The van der Waals surface area contributed by atoms with Crippen LogP contribution in [0.3, 0.4) is 0 Å². The van der Waals surface area contributed by atoms with Crippen LogP contribution in [-0.4, -0.2) is 43.0 Å². The van der Waals surface area contributed by atoms with E-state index in [1.54, 1.807) is 72.8 Å². The molecule has 5 rings (SSSR count). The molecule has 0 aromatic heterocycles. The Labute approximate surface area is 303 Å². The molecule has 3 amide bonds. The van der Waals surface area contributed by atoms with Crippen LogP contribution in [0.15, 0.2) is 132 Å². The van der Waals surface area contributed by atoms with Crippen LogP contribution in [0.1, 0.15) is 37.1 Å². The number of carbonyl (C=O) groups is 4. The topological polar surface area (TPSA) is 143 Å². The zero-order valence-electron chi connectivity index (χ0n) is 27.4. The monoisotopic (exact) mass is 721 g/mol. The van der Waals surface area contributed by atoms with Crippen LogP contribution in [0, 0.1) is 0 Å². The number of hydrogen-bond donors (Lipinski definition) is 4. The minimum Gasteiger partial charge on any atom is -0.493 e. The summed E-state index contributed by atoms with van der Waals surface area (Å²) < 4.78 is 10.7. The minimum absolute atomic E-state index is 0.0284. The summed E-state index contributed by atoms with van der Waals surface area (Å²) in [5.41, 5.74) is 2.16. The second kappa shape index (κ2) is 17.1. The second-order valence-corrected chi connectivity index (χ2v) is 12.5. The molecule has 5 aromatic rings. The highest BCUT2D eigenvalue weighted by Crippen LogP contribution is 2.37. The third kappa shape index (κ3) is 9.56. The molecule has 0 bridgehead atoms. The Morgan fingerprint density at radius 2 is 1.43 bits per heavy atom. The predicted octanol–water partition coefficient (Wildman–Crippen LogP) is 7.94. The lowest BCUT2D eigenvalue weighted by Gasteiger charge is -2.18. The van der Waals surface area contributed by atoms with Gasteiger partial charge >= 0.3 is 5.97 Å². The molecule has 0 saturated carbocycles. The number of anilines is 2. The van der Waals surface area contributed by atoms with Crippen LogP contribution in [0.25, 0.3) is 6.08 Å². The molecule has 0 fully saturated rings. The summed E-state index contributed by atoms with van der Waals surface area (Å²) in [4.78, 5) is 52.8. The highest BCUT2D eigenvalue weighted by atomic mass is 35.5. The number of carboxylic acid groups (broad SMARTS) is 1. The molecule has 4 N–H and O–H groups in total. The van der Waals surface area contributed by atoms with Crippen molar-refractivity contribution in [2.24, 2.45) is 0 Å². The average Bonchev–Trinajstić information content (AvgIpc) is 3.14. The van der Waals surface area contributed by atoms with Gasteiger partial charge < -0.3 is 30.5 Å². The third-order valence-corrected chi connectivity index (χ3v) is 8.98. The highest BCUT2D eigenvalue weighted by Gasteiger charge is 2.24. The van der Waals surface area contributed by atoms with Crippen LogP contribution in [0.2, 0.25) is 5.02 Å². The summed E-state index contributed by atoms with van der Waals surface area (Å²) in [6, 6.07) is 33.9. The number of ether oxygens (including phenoxy) is 2. The van der Waals surface area contributed by atoms with Crippen molar-refractivity contribution >= 4 is 64.5 Å². The number of nitrogens with one attached hydrogen (secondary N) is 3.